The van der Waals surface area contributed by atoms with E-state index >= 15 is 0 Å². The lowest BCUT2D eigenvalue weighted by molar-refractivity contribution is 0.280. The predicted octanol–water partition coefficient (Wildman–Crippen LogP) is 3.33. The largest absolute Gasteiger partial charge is 0.392 e. The van der Waals surface area contributed by atoms with Crippen LogP contribution in [-0.2, 0) is 6.61 Å². The molecule has 2 aromatic rings. The van der Waals surface area contributed by atoms with Gasteiger partial charge in [0.15, 0.2) is 0 Å². The summed E-state index contributed by atoms with van der Waals surface area (Å²) in [7, 11) is 0. The van der Waals surface area contributed by atoms with Crippen LogP contribution in [0.4, 0.5) is 0 Å². The highest BCUT2D eigenvalue weighted by atomic mass is 16.3. The van der Waals surface area contributed by atoms with E-state index in [9.17, 15) is 5.11 Å². The molecule has 2 aromatic carbocycles. The van der Waals surface area contributed by atoms with Gasteiger partial charge in [-0.15, -0.1) is 0 Å². The minimum atomic E-state index is 0.105. The van der Waals surface area contributed by atoms with Gasteiger partial charge in [-0.3, -0.25) is 0 Å². The van der Waals surface area contributed by atoms with Gasteiger partial charge in [-0.2, -0.15) is 0 Å². The minimum absolute atomic E-state index is 0.105. The fourth-order valence-electron chi connectivity index (χ4n) is 2.02. The highest BCUT2D eigenvalue weighted by molar-refractivity contribution is 5.36. The Balaban J connectivity index is 2.37. The summed E-state index contributed by atoms with van der Waals surface area (Å²) in [6.07, 6.45) is 0. The molecule has 1 unspecified atom stereocenters. The van der Waals surface area contributed by atoms with E-state index in [0.717, 1.165) is 5.56 Å². The lowest BCUT2D eigenvalue weighted by Gasteiger charge is -2.15. The molecule has 0 bridgehead atoms. The Morgan fingerprint density at radius 2 is 1.56 bits per heavy atom. The molecule has 0 heterocycles. The van der Waals surface area contributed by atoms with Crippen LogP contribution < -0.4 is 0 Å². The van der Waals surface area contributed by atoms with Crippen molar-refractivity contribution >= 4 is 0 Å². The summed E-state index contributed by atoms with van der Waals surface area (Å²) in [6, 6.07) is 18.4. The molecule has 0 radical (unpaired) electrons. The van der Waals surface area contributed by atoms with Crippen molar-refractivity contribution in [3.63, 3.8) is 0 Å². The van der Waals surface area contributed by atoms with Gasteiger partial charge < -0.3 is 5.11 Å². The van der Waals surface area contributed by atoms with E-state index in [1.165, 1.54) is 11.1 Å². The highest BCUT2D eigenvalue weighted by Gasteiger charge is 2.10. The van der Waals surface area contributed by atoms with Crippen LogP contribution in [0, 0.1) is 0 Å². The Kier molecular flexibility index (Phi) is 3.37. The van der Waals surface area contributed by atoms with Gasteiger partial charge in [0.2, 0.25) is 0 Å². The van der Waals surface area contributed by atoms with Crippen LogP contribution in [0.25, 0.3) is 0 Å². The van der Waals surface area contributed by atoms with Crippen LogP contribution in [-0.4, -0.2) is 5.11 Å². The Bertz CT molecular complexity index is 448. The van der Waals surface area contributed by atoms with Gasteiger partial charge in [0.1, 0.15) is 0 Å². The molecule has 1 heteroatoms. The summed E-state index contributed by atoms with van der Waals surface area (Å²) in [5, 5.41) is 9.31. The Morgan fingerprint density at radius 3 is 2.25 bits per heavy atom. The molecule has 0 spiro atoms. The zero-order chi connectivity index (χ0) is 11.4. The molecule has 0 aliphatic rings. The van der Waals surface area contributed by atoms with E-state index in [0.29, 0.717) is 5.92 Å². The molecule has 1 atom stereocenters. The SMILES string of the molecule is CC(c1ccccc1)c1ccccc1CO. The molecular weight excluding hydrogens is 196 g/mol. The minimum Gasteiger partial charge on any atom is -0.392 e. The summed E-state index contributed by atoms with van der Waals surface area (Å²) in [5.41, 5.74) is 3.50. The van der Waals surface area contributed by atoms with E-state index in [-0.39, 0.29) is 6.61 Å². The van der Waals surface area contributed by atoms with Crippen molar-refractivity contribution in [1.29, 1.82) is 0 Å². The van der Waals surface area contributed by atoms with Gasteiger partial charge in [-0.1, -0.05) is 61.5 Å². The second-order valence-electron chi connectivity index (χ2n) is 3.99. The number of hydrogen-bond acceptors (Lipinski definition) is 1. The molecule has 0 amide bonds. The maximum Gasteiger partial charge on any atom is 0.0684 e. The van der Waals surface area contributed by atoms with Gasteiger partial charge in [-0.05, 0) is 16.7 Å². The quantitative estimate of drug-likeness (QED) is 0.827. The summed E-state index contributed by atoms with van der Waals surface area (Å²) in [6.45, 7) is 2.27. The molecule has 0 aliphatic heterocycles. The number of aliphatic hydroxyl groups excluding tert-OH is 1. The van der Waals surface area contributed by atoms with Crippen molar-refractivity contribution in [2.75, 3.05) is 0 Å². The number of aliphatic hydroxyl groups is 1. The second kappa shape index (κ2) is 4.95. The van der Waals surface area contributed by atoms with Gasteiger partial charge in [0.25, 0.3) is 0 Å². The molecular formula is C15H16O. The van der Waals surface area contributed by atoms with Crippen LogP contribution >= 0.6 is 0 Å². The topological polar surface area (TPSA) is 20.2 Å². The maximum absolute atomic E-state index is 9.31. The zero-order valence-corrected chi connectivity index (χ0v) is 9.43. The summed E-state index contributed by atoms with van der Waals surface area (Å²) in [4.78, 5) is 0. The molecule has 0 aromatic heterocycles. The second-order valence-corrected chi connectivity index (χ2v) is 3.99. The first kappa shape index (κ1) is 10.9. The molecule has 2 rings (SSSR count). The summed E-state index contributed by atoms with van der Waals surface area (Å²) in [5.74, 6) is 0.324. The Morgan fingerprint density at radius 1 is 0.938 bits per heavy atom. The third-order valence-corrected chi connectivity index (χ3v) is 2.99. The fraction of sp³-hybridized carbons (Fsp3) is 0.200. The lowest BCUT2D eigenvalue weighted by atomic mass is 9.90. The maximum atomic E-state index is 9.31. The first-order chi connectivity index (χ1) is 7.83. The molecule has 1 N–H and O–H groups in total. The van der Waals surface area contributed by atoms with Crippen LogP contribution in [0.15, 0.2) is 54.6 Å². The summed E-state index contributed by atoms with van der Waals surface area (Å²) >= 11 is 0. The van der Waals surface area contributed by atoms with Crippen LogP contribution in [0.3, 0.4) is 0 Å². The first-order valence-corrected chi connectivity index (χ1v) is 5.56. The average molecular weight is 212 g/mol. The number of benzene rings is 2. The molecule has 0 aliphatic carbocycles. The van der Waals surface area contributed by atoms with Crippen molar-refractivity contribution in [2.45, 2.75) is 19.4 Å². The van der Waals surface area contributed by atoms with E-state index in [4.69, 9.17) is 0 Å². The Labute approximate surface area is 96.4 Å². The third-order valence-electron chi connectivity index (χ3n) is 2.99. The monoisotopic (exact) mass is 212 g/mol. The van der Waals surface area contributed by atoms with Gasteiger partial charge in [-0.25, -0.2) is 0 Å². The average Bonchev–Trinajstić information content (AvgIpc) is 2.39. The smallest absolute Gasteiger partial charge is 0.0684 e. The highest BCUT2D eigenvalue weighted by Crippen LogP contribution is 2.26. The van der Waals surface area contributed by atoms with E-state index < -0.39 is 0 Å². The molecule has 16 heavy (non-hydrogen) atoms. The first-order valence-electron chi connectivity index (χ1n) is 5.56. The van der Waals surface area contributed by atoms with E-state index in [1.807, 2.05) is 36.4 Å². The molecule has 0 fully saturated rings. The molecule has 0 saturated carbocycles. The van der Waals surface area contributed by atoms with Crippen molar-refractivity contribution in [3.8, 4) is 0 Å². The Hall–Kier alpha value is -1.60. The lowest BCUT2D eigenvalue weighted by Crippen LogP contribution is -2.00. The van der Waals surface area contributed by atoms with Crippen molar-refractivity contribution in [2.24, 2.45) is 0 Å². The summed E-state index contributed by atoms with van der Waals surface area (Å²) < 4.78 is 0. The standard InChI is InChI=1S/C15H16O/c1-12(13-7-3-2-4-8-13)15-10-6-5-9-14(15)11-16/h2-10,12,16H,11H2,1H3. The van der Waals surface area contributed by atoms with Crippen molar-refractivity contribution < 1.29 is 5.11 Å². The van der Waals surface area contributed by atoms with Crippen LogP contribution in [0.5, 0.6) is 0 Å². The zero-order valence-electron chi connectivity index (χ0n) is 9.43. The fourth-order valence-corrected chi connectivity index (χ4v) is 2.02. The van der Waals surface area contributed by atoms with Gasteiger partial charge >= 0.3 is 0 Å². The predicted molar refractivity (Wildman–Crippen MR) is 66.3 cm³/mol. The third kappa shape index (κ3) is 2.15. The van der Waals surface area contributed by atoms with E-state index in [2.05, 4.69) is 25.1 Å². The molecule has 0 saturated heterocycles. The van der Waals surface area contributed by atoms with Gasteiger partial charge in [0, 0.05) is 5.92 Å². The van der Waals surface area contributed by atoms with Crippen LogP contribution in [0.1, 0.15) is 29.5 Å². The normalized spacial score (nSPS) is 12.4. The van der Waals surface area contributed by atoms with Crippen LogP contribution in [0.2, 0.25) is 0 Å². The van der Waals surface area contributed by atoms with E-state index in [1.54, 1.807) is 0 Å². The van der Waals surface area contributed by atoms with Gasteiger partial charge in [0.05, 0.1) is 6.61 Å². The number of hydrogen-bond donors (Lipinski definition) is 1. The molecule has 1 nitrogen and oxygen atoms in total. The number of rotatable bonds is 3. The van der Waals surface area contributed by atoms with Crippen molar-refractivity contribution in [1.82, 2.24) is 0 Å². The molecule has 82 valence electrons. The van der Waals surface area contributed by atoms with Crippen molar-refractivity contribution in [3.05, 3.63) is 71.3 Å².